The maximum absolute atomic E-state index is 12.2. The average Bonchev–Trinajstić information content (AvgIpc) is 2.64. The third-order valence-corrected chi connectivity index (χ3v) is 3.83. The predicted octanol–water partition coefficient (Wildman–Crippen LogP) is 1.17. The number of carboxylic acid groups (broad SMARTS) is 1. The van der Waals surface area contributed by atoms with Crippen LogP contribution in [0.15, 0.2) is 59.7 Å². The normalized spacial score (nSPS) is 16.5. The van der Waals surface area contributed by atoms with Gasteiger partial charge in [0.05, 0.1) is 11.3 Å². The third kappa shape index (κ3) is 4.04. The number of nitrogens with zero attached hydrogens (tertiary/aromatic N) is 1. The molecule has 132 valence electrons. The maximum Gasteiger partial charge on any atom is 0.335 e. The number of guanidine groups is 1. The van der Waals surface area contributed by atoms with Crippen molar-refractivity contribution in [3.63, 3.8) is 0 Å². The van der Waals surface area contributed by atoms with Crippen LogP contribution in [0.5, 0.6) is 0 Å². The van der Waals surface area contributed by atoms with E-state index in [-0.39, 0.29) is 11.5 Å². The highest BCUT2D eigenvalue weighted by Gasteiger charge is 2.33. The Balaban J connectivity index is 1.63. The van der Waals surface area contributed by atoms with Gasteiger partial charge >= 0.3 is 5.97 Å². The zero-order valence-corrected chi connectivity index (χ0v) is 13.6. The van der Waals surface area contributed by atoms with Crippen LogP contribution < -0.4 is 16.1 Å². The van der Waals surface area contributed by atoms with Crippen molar-refractivity contribution in [2.24, 2.45) is 11.0 Å². The Morgan fingerprint density at radius 2 is 1.62 bits per heavy atom. The Hall–Kier alpha value is -3.68. The molecule has 0 aliphatic carbocycles. The molecule has 0 aromatic heterocycles. The molecule has 1 fully saturated rings. The van der Waals surface area contributed by atoms with Gasteiger partial charge in [0.15, 0.2) is 0 Å². The van der Waals surface area contributed by atoms with Crippen molar-refractivity contribution in [3.05, 3.63) is 65.7 Å². The fourth-order valence-electron chi connectivity index (χ4n) is 2.46. The maximum atomic E-state index is 12.2. The second-order valence-electron chi connectivity index (χ2n) is 5.68. The molecule has 1 aliphatic rings. The van der Waals surface area contributed by atoms with E-state index in [1.807, 2.05) is 30.3 Å². The highest BCUT2D eigenvalue weighted by Crippen LogP contribution is 2.12. The lowest BCUT2D eigenvalue weighted by atomic mass is 9.96. The Kier molecular flexibility index (Phi) is 4.93. The molecule has 1 aliphatic heterocycles. The van der Waals surface area contributed by atoms with Crippen LogP contribution in [0, 0.1) is 5.92 Å². The van der Waals surface area contributed by atoms with E-state index in [1.165, 1.54) is 24.3 Å². The minimum Gasteiger partial charge on any atom is -0.478 e. The second kappa shape index (κ2) is 7.47. The molecular weight excluding hydrogens is 336 g/mol. The topological polar surface area (TPSA) is 120 Å². The molecule has 1 saturated heterocycles. The van der Waals surface area contributed by atoms with Crippen LogP contribution in [0.4, 0.5) is 5.69 Å². The zero-order valence-electron chi connectivity index (χ0n) is 13.6. The molecule has 0 atom stereocenters. The summed E-state index contributed by atoms with van der Waals surface area (Å²) in [7, 11) is 0. The Morgan fingerprint density at radius 1 is 1.00 bits per heavy atom. The number of hydrogen-bond acceptors (Lipinski definition) is 5. The molecule has 2 aromatic rings. The van der Waals surface area contributed by atoms with Crippen molar-refractivity contribution >= 4 is 29.4 Å². The summed E-state index contributed by atoms with van der Waals surface area (Å²) in [4.78, 5) is 35.2. The van der Waals surface area contributed by atoms with Gasteiger partial charge in [-0.2, -0.15) is 0 Å². The minimum absolute atomic E-state index is 0.00776. The van der Waals surface area contributed by atoms with E-state index in [0.29, 0.717) is 12.1 Å². The van der Waals surface area contributed by atoms with Crippen molar-refractivity contribution in [1.29, 1.82) is 0 Å². The number of hydrogen-bond donors (Lipinski definition) is 4. The van der Waals surface area contributed by atoms with Gasteiger partial charge in [0.1, 0.15) is 5.92 Å². The van der Waals surface area contributed by atoms with E-state index in [1.54, 1.807) is 0 Å². The highest BCUT2D eigenvalue weighted by molar-refractivity contribution is 6.17. The number of hydrazone groups is 1. The van der Waals surface area contributed by atoms with Gasteiger partial charge in [-0.05, 0) is 36.2 Å². The molecule has 8 heteroatoms. The Bertz CT molecular complexity index is 843. The van der Waals surface area contributed by atoms with Crippen LogP contribution in [0.1, 0.15) is 15.9 Å². The lowest BCUT2D eigenvalue weighted by molar-refractivity contribution is -0.135. The van der Waals surface area contributed by atoms with Gasteiger partial charge < -0.3 is 5.11 Å². The first-order valence-corrected chi connectivity index (χ1v) is 7.85. The van der Waals surface area contributed by atoms with E-state index < -0.39 is 23.7 Å². The fraction of sp³-hybridized carbons (Fsp3) is 0.111. The number of aromatic carboxylic acids is 1. The Labute approximate surface area is 148 Å². The summed E-state index contributed by atoms with van der Waals surface area (Å²) in [6, 6.07) is 15.2. The SMILES string of the molecule is O=C(O)c1ccc(NN=C2NC(=O)C(Cc3ccccc3)C(=O)N2)cc1. The number of anilines is 1. The molecule has 2 amide bonds. The standard InChI is InChI=1S/C18H16N4O4/c23-15-14(10-11-4-2-1-3-5-11)16(24)20-18(19-15)22-21-13-8-6-12(7-9-13)17(25)26/h1-9,14,21H,10H2,(H,25,26)(H2,19,20,22,23,24). The summed E-state index contributed by atoms with van der Waals surface area (Å²) in [5.41, 5.74) is 4.20. The summed E-state index contributed by atoms with van der Waals surface area (Å²) >= 11 is 0. The van der Waals surface area contributed by atoms with Gasteiger partial charge in [-0.15, -0.1) is 5.10 Å². The molecule has 8 nitrogen and oxygen atoms in total. The summed E-state index contributed by atoms with van der Waals surface area (Å²) in [5, 5.41) is 17.9. The minimum atomic E-state index is -1.03. The van der Waals surface area contributed by atoms with E-state index in [9.17, 15) is 14.4 Å². The largest absolute Gasteiger partial charge is 0.478 e. The van der Waals surface area contributed by atoms with Crippen LogP contribution in [0.3, 0.4) is 0 Å². The number of carboxylic acids is 1. The molecule has 0 radical (unpaired) electrons. The lowest BCUT2D eigenvalue weighted by Gasteiger charge is -2.23. The third-order valence-electron chi connectivity index (χ3n) is 3.83. The molecule has 0 bridgehead atoms. The number of nitrogens with one attached hydrogen (secondary N) is 3. The summed E-state index contributed by atoms with van der Waals surface area (Å²) in [6.45, 7) is 0. The molecule has 26 heavy (non-hydrogen) atoms. The zero-order chi connectivity index (χ0) is 18.5. The number of rotatable bonds is 5. The van der Waals surface area contributed by atoms with Crippen molar-refractivity contribution in [1.82, 2.24) is 10.6 Å². The predicted molar refractivity (Wildman–Crippen MR) is 94.4 cm³/mol. The van der Waals surface area contributed by atoms with Gasteiger partial charge in [0, 0.05) is 0 Å². The van der Waals surface area contributed by atoms with Crippen LogP contribution in [0.2, 0.25) is 0 Å². The van der Waals surface area contributed by atoms with E-state index in [2.05, 4.69) is 21.2 Å². The first-order valence-electron chi connectivity index (χ1n) is 7.85. The first-order chi connectivity index (χ1) is 12.5. The van der Waals surface area contributed by atoms with Crippen molar-refractivity contribution < 1.29 is 19.5 Å². The van der Waals surface area contributed by atoms with Gasteiger partial charge in [-0.25, -0.2) is 4.79 Å². The lowest BCUT2D eigenvalue weighted by Crippen LogP contribution is -2.57. The molecule has 2 aromatic carbocycles. The molecule has 0 spiro atoms. The van der Waals surface area contributed by atoms with Gasteiger partial charge in [0.2, 0.25) is 17.8 Å². The monoisotopic (exact) mass is 352 g/mol. The molecule has 0 saturated carbocycles. The van der Waals surface area contributed by atoms with E-state index in [4.69, 9.17) is 5.11 Å². The van der Waals surface area contributed by atoms with Gasteiger partial charge in [0.25, 0.3) is 0 Å². The second-order valence-corrected chi connectivity index (χ2v) is 5.68. The quantitative estimate of drug-likeness (QED) is 0.476. The number of carbonyl (C=O) groups excluding carboxylic acids is 2. The van der Waals surface area contributed by atoms with Crippen LogP contribution in [-0.2, 0) is 16.0 Å². The summed E-state index contributed by atoms with van der Waals surface area (Å²) in [5.74, 6) is -2.73. The molecular formula is C18H16N4O4. The van der Waals surface area contributed by atoms with Crippen LogP contribution >= 0.6 is 0 Å². The fourth-order valence-corrected chi connectivity index (χ4v) is 2.46. The van der Waals surface area contributed by atoms with E-state index in [0.717, 1.165) is 5.56 Å². The molecule has 3 rings (SSSR count). The van der Waals surface area contributed by atoms with Crippen LogP contribution in [-0.4, -0.2) is 28.8 Å². The smallest absolute Gasteiger partial charge is 0.335 e. The van der Waals surface area contributed by atoms with E-state index >= 15 is 0 Å². The molecule has 0 unspecified atom stereocenters. The van der Waals surface area contributed by atoms with Crippen molar-refractivity contribution in [2.45, 2.75) is 6.42 Å². The average molecular weight is 352 g/mol. The summed E-state index contributed by atoms with van der Waals surface area (Å²) < 4.78 is 0. The first kappa shape index (κ1) is 17.2. The number of carbonyl (C=O) groups is 3. The van der Waals surface area contributed by atoms with Crippen LogP contribution in [0.25, 0.3) is 0 Å². The van der Waals surface area contributed by atoms with Crippen molar-refractivity contribution in [2.75, 3.05) is 5.43 Å². The highest BCUT2D eigenvalue weighted by atomic mass is 16.4. The van der Waals surface area contributed by atoms with Gasteiger partial charge in [-0.1, -0.05) is 30.3 Å². The summed E-state index contributed by atoms with van der Waals surface area (Å²) in [6.07, 6.45) is 0.301. The Morgan fingerprint density at radius 3 is 2.19 bits per heavy atom. The van der Waals surface area contributed by atoms with Gasteiger partial charge in [-0.3, -0.25) is 25.6 Å². The number of amides is 2. The number of benzene rings is 2. The molecule has 4 N–H and O–H groups in total. The van der Waals surface area contributed by atoms with Crippen molar-refractivity contribution in [3.8, 4) is 0 Å². The molecule has 1 heterocycles.